The van der Waals surface area contributed by atoms with Crippen LogP contribution >= 0.6 is 22.9 Å². The normalized spacial score (nSPS) is 19.7. The predicted molar refractivity (Wildman–Crippen MR) is 111 cm³/mol. The van der Waals surface area contributed by atoms with Gasteiger partial charge in [-0.05, 0) is 19.8 Å². The Kier molecular flexibility index (Phi) is 6.23. The molecule has 190 valence electrons. The second-order valence-electron chi connectivity index (χ2n) is 7.99. The number of amides is 1. The topological polar surface area (TPSA) is 72.2 Å². The Bertz CT molecular complexity index is 1220. The first kappa shape index (κ1) is 25.5. The number of halogens is 9. The first-order chi connectivity index (χ1) is 16.1. The van der Waals surface area contributed by atoms with E-state index in [2.05, 4.69) is 20.4 Å². The zero-order chi connectivity index (χ0) is 25.9. The van der Waals surface area contributed by atoms with E-state index in [0.717, 1.165) is 43.5 Å². The molecule has 0 bridgehead atoms. The lowest BCUT2D eigenvalue weighted by Gasteiger charge is -2.30. The van der Waals surface area contributed by atoms with Gasteiger partial charge in [-0.3, -0.25) is 9.79 Å². The fourth-order valence-corrected chi connectivity index (χ4v) is 4.47. The van der Waals surface area contributed by atoms with Gasteiger partial charge in [0.05, 0.1) is 17.9 Å². The van der Waals surface area contributed by atoms with E-state index >= 15 is 0 Å². The maximum atomic E-state index is 14.1. The third kappa shape index (κ3) is 4.92. The van der Waals surface area contributed by atoms with E-state index in [1.165, 1.54) is 0 Å². The average Bonchev–Trinajstić information content (AvgIpc) is 3.24. The Labute approximate surface area is 200 Å². The molecule has 3 heterocycles. The first-order valence-corrected chi connectivity index (χ1v) is 11.1. The summed E-state index contributed by atoms with van der Waals surface area (Å²) in [5, 5.41) is 6.51. The Morgan fingerprint density at radius 3 is 2.40 bits per heavy atom. The van der Waals surface area contributed by atoms with E-state index in [9.17, 15) is 39.9 Å². The number of hydrogen-bond donors (Lipinski definition) is 1. The van der Waals surface area contributed by atoms with Crippen LogP contribution in [0.15, 0.2) is 23.0 Å². The number of dihydropyridines is 1. The number of rotatable bonds is 5. The fourth-order valence-electron chi connectivity index (χ4n) is 3.35. The van der Waals surface area contributed by atoms with Crippen LogP contribution in [0.4, 0.5) is 35.1 Å². The van der Waals surface area contributed by atoms with Crippen LogP contribution in [0.3, 0.4) is 0 Å². The summed E-state index contributed by atoms with van der Waals surface area (Å²) in [6, 6.07) is -1.31. The van der Waals surface area contributed by atoms with Gasteiger partial charge in [-0.25, -0.2) is 9.67 Å². The van der Waals surface area contributed by atoms with Crippen LogP contribution in [0.25, 0.3) is 16.3 Å². The molecule has 1 fully saturated rings. The maximum Gasteiger partial charge on any atom is 0.459 e. The van der Waals surface area contributed by atoms with Crippen molar-refractivity contribution in [3.05, 3.63) is 28.0 Å². The molecule has 1 N–H and O–H groups in total. The molecule has 6 nitrogen and oxygen atoms in total. The summed E-state index contributed by atoms with van der Waals surface area (Å²) >= 11 is 6.90. The number of nitrogens with zero attached hydrogens (tertiary/aromatic N) is 4. The van der Waals surface area contributed by atoms with Crippen LogP contribution < -0.4 is 5.32 Å². The largest absolute Gasteiger partial charge is 0.459 e. The van der Waals surface area contributed by atoms with Crippen LogP contribution in [0.5, 0.6) is 0 Å². The van der Waals surface area contributed by atoms with Crippen molar-refractivity contribution >= 4 is 40.3 Å². The van der Waals surface area contributed by atoms with Crippen LogP contribution in [0, 0.1) is 0 Å². The van der Waals surface area contributed by atoms with E-state index in [4.69, 9.17) is 11.6 Å². The van der Waals surface area contributed by atoms with E-state index < -0.39 is 53.6 Å². The molecule has 1 amide bonds. The number of allylic oxidation sites excluding steroid dienone is 1. The van der Waals surface area contributed by atoms with Gasteiger partial charge in [0.25, 0.3) is 5.91 Å². The summed E-state index contributed by atoms with van der Waals surface area (Å²) in [6.07, 6.45) is -8.86. The molecule has 1 aliphatic heterocycles. The van der Waals surface area contributed by atoms with Crippen molar-refractivity contribution in [2.75, 3.05) is 0 Å². The lowest BCUT2D eigenvalue weighted by molar-refractivity contribution is -0.249. The lowest BCUT2D eigenvalue weighted by atomic mass is 9.94. The Hall–Kier alpha value is -2.55. The van der Waals surface area contributed by atoms with Gasteiger partial charge >= 0.3 is 18.3 Å². The van der Waals surface area contributed by atoms with Crippen molar-refractivity contribution in [2.45, 2.75) is 56.5 Å². The van der Waals surface area contributed by atoms with Gasteiger partial charge in [-0.2, -0.15) is 40.2 Å². The highest BCUT2D eigenvalue weighted by molar-refractivity contribution is 7.19. The zero-order valence-electron chi connectivity index (χ0n) is 17.4. The molecule has 2 aliphatic rings. The van der Waals surface area contributed by atoms with E-state index in [-0.39, 0.29) is 26.6 Å². The SMILES string of the molecule is CC1CC(n2cc(-c3nc(C(=O)NC4CC4)c(Cl)s3)cn2)=C(C(F)(F)F)C(C(F)(F)C(F)(F)F)=N1. The molecule has 1 unspecified atom stereocenters. The molecular weight excluding hydrogens is 534 g/mol. The second-order valence-corrected chi connectivity index (χ2v) is 9.59. The second kappa shape index (κ2) is 8.54. The standard InChI is InChI=1S/C19H14ClF8N5OS/c1-7-4-10(11(18(23,24)25)13(30-7)17(21,22)19(26,27)28)33-6-8(5-29-33)16-32-12(14(20)35-16)15(34)31-9-2-3-9/h5-7,9H,2-4H2,1H3,(H,31,34). The minimum Gasteiger partial charge on any atom is -0.348 e. The first-order valence-electron chi connectivity index (χ1n) is 9.95. The number of carbonyl (C=O) groups excluding carboxylic acids is 1. The van der Waals surface area contributed by atoms with Crippen molar-refractivity contribution in [1.82, 2.24) is 20.1 Å². The van der Waals surface area contributed by atoms with Gasteiger partial charge in [-0.1, -0.05) is 11.6 Å². The van der Waals surface area contributed by atoms with E-state index in [0.29, 0.717) is 4.68 Å². The molecule has 1 atom stereocenters. The lowest BCUT2D eigenvalue weighted by Crippen LogP contribution is -2.49. The smallest absolute Gasteiger partial charge is 0.348 e. The summed E-state index contributed by atoms with van der Waals surface area (Å²) in [7, 11) is 0. The number of nitrogens with one attached hydrogen (secondary N) is 1. The molecule has 1 aliphatic carbocycles. The summed E-state index contributed by atoms with van der Waals surface area (Å²) < 4.78 is 109. The molecule has 1 saturated carbocycles. The summed E-state index contributed by atoms with van der Waals surface area (Å²) in [6.45, 7) is 1.11. The number of aliphatic imine (C=N–C) groups is 1. The van der Waals surface area contributed by atoms with Crippen molar-refractivity contribution in [3.8, 4) is 10.6 Å². The third-order valence-corrected chi connectivity index (χ3v) is 6.42. The molecule has 4 rings (SSSR count). The van der Waals surface area contributed by atoms with Crippen molar-refractivity contribution in [2.24, 2.45) is 4.99 Å². The molecule has 2 aromatic heterocycles. The van der Waals surface area contributed by atoms with Gasteiger partial charge in [0.2, 0.25) is 0 Å². The van der Waals surface area contributed by atoms with Crippen molar-refractivity contribution in [3.63, 3.8) is 0 Å². The number of carbonyl (C=O) groups is 1. The number of hydrogen-bond acceptors (Lipinski definition) is 5. The molecule has 16 heteroatoms. The summed E-state index contributed by atoms with van der Waals surface area (Å²) in [5.74, 6) is -6.38. The highest BCUT2D eigenvalue weighted by atomic mass is 35.5. The minimum atomic E-state index is -6.30. The highest BCUT2D eigenvalue weighted by Crippen LogP contribution is 2.46. The van der Waals surface area contributed by atoms with Crippen molar-refractivity contribution < 1.29 is 39.9 Å². The Balaban J connectivity index is 1.76. The number of thiazole rings is 1. The number of alkyl halides is 8. The summed E-state index contributed by atoms with van der Waals surface area (Å²) in [5.41, 5.74) is -5.59. The fraction of sp³-hybridized carbons (Fsp3) is 0.474. The summed E-state index contributed by atoms with van der Waals surface area (Å²) in [4.78, 5) is 19.3. The van der Waals surface area contributed by atoms with Crippen LogP contribution in [0.2, 0.25) is 4.34 Å². The molecule has 0 saturated heterocycles. The third-order valence-electron chi connectivity index (χ3n) is 5.12. The molecule has 0 radical (unpaired) electrons. The molecule has 35 heavy (non-hydrogen) atoms. The van der Waals surface area contributed by atoms with Crippen LogP contribution in [0.1, 0.15) is 36.7 Å². The minimum absolute atomic E-state index is 0.00613. The molecular formula is C19H14ClF8N5OS. The van der Waals surface area contributed by atoms with Crippen LogP contribution in [-0.4, -0.2) is 56.7 Å². The van der Waals surface area contributed by atoms with E-state index in [1.807, 2.05) is 0 Å². The van der Waals surface area contributed by atoms with Gasteiger partial charge < -0.3 is 5.32 Å². The molecule has 0 spiro atoms. The quantitative estimate of drug-likeness (QED) is 0.484. The van der Waals surface area contributed by atoms with Crippen molar-refractivity contribution in [1.29, 1.82) is 0 Å². The number of aromatic nitrogens is 3. The highest BCUT2D eigenvalue weighted by Gasteiger charge is 2.65. The monoisotopic (exact) mass is 547 g/mol. The molecule has 0 aromatic carbocycles. The Morgan fingerprint density at radius 2 is 1.83 bits per heavy atom. The predicted octanol–water partition coefficient (Wildman–Crippen LogP) is 5.76. The van der Waals surface area contributed by atoms with E-state index in [1.54, 1.807) is 0 Å². The van der Waals surface area contributed by atoms with Crippen LogP contribution in [-0.2, 0) is 0 Å². The van der Waals surface area contributed by atoms with Gasteiger partial charge in [-0.15, -0.1) is 11.3 Å². The molecule has 2 aromatic rings. The van der Waals surface area contributed by atoms with Gasteiger partial charge in [0.1, 0.15) is 20.6 Å². The average molecular weight is 548 g/mol. The van der Waals surface area contributed by atoms with Gasteiger partial charge in [0.15, 0.2) is 5.69 Å². The maximum absolute atomic E-state index is 14.1. The van der Waals surface area contributed by atoms with Gasteiger partial charge in [0, 0.05) is 24.2 Å². The Morgan fingerprint density at radius 1 is 1.17 bits per heavy atom. The zero-order valence-corrected chi connectivity index (χ0v) is 19.0.